The van der Waals surface area contributed by atoms with Crippen LogP contribution < -0.4 is 5.56 Å². The maximum atomic E-state index is 12.6. The Morgan fingerprint density at radius 1 is 1.41 bits per heavy atom. The van der Waals surface area contributed by atoms with E-state index in [2.05, 4.69) is 4.98 Å². The van der Waals surface area contributed by atoms with Crippen LogP contribution in [0.5, 0.6) is 0 Å². The molecule has 2 heterocycles. The molecule has 0 radical (unpaired) electrons. The number of hydrogen-bond donors (Lipinski definition) is 0. The third-order valence-corrected chi connectivity index (χ3v) is 2.48. The number of halogens is 2. The van der Waals surface area contributed by atoms with Gasteiger partial charge >= 0.3 is 6.55 Å². The molecule has 2 rings (SSSR count). The molecule has 90 valence electrons. The minimum absolute atomic E-state index is 0.0395. The van der Waals surface area contributed by atoms with Crippen molar-refractivity contribution in [3.05, 3.63) is 52.5 Å². The highest BCUT2D eigenvalue weighted by Gasteiger charge is 2.12. The van der Waals surface area contributed by atoms with E-state index in [0.29, 0.717) is 5.56 Å². The first kappa shape index (κ1) is 11.5. The molecule has 0 aliphatic carbocycles. The molecule has 0 aliphatic rings. The highest BCUT2D eigenvalue weighted by atomic mass is 19.3. The predicted octanol–water partition coefficient (Wildman–Crippen LogP) is 1.80. The summed E-state index contributed by atoms with van der Waals surface area (Å²) >= 11 is 0. The number of pyridine rings is 1. The summed E-state index contributed by atoms with van der Waals surface area (Å²) in [6.45, 7) is -0.927. The van der Waals surface area contributed by atoms with Crippen LogP contribution in [0.25, 0.3) is 0 Å². The molecule has 0 N–H and O–H groups in total. The first-order valence-electron chi connectivity index (χ1n) is 5.05. The molecule has 0 spiro atoms. The number of rotatable bonds is 3. The molecule has 0 unspecified atom stereocenters. The van der Waals surface area contributed by atoms with Gasteiger partial charge in [0, 0.05) is 24.2 Å². The van der Waals surface area contributed by atoms with Gasteiger partial charge in [0.1, 0.15) is 5.82 Å². The lowest BCUT2D eigenvalue weighted by molar-refractivity contribution is 0.0666. The van der Waals surface area contributed by atoms with E-state index in [4.69, 9.17) is 0 Å². The summed E-state index contributed by atoms with van der Waals surface area (Å²) in [5.74, 6) is 0.160. The van der Waals surface area contributed by atoms with Crippen LogP contribution in [-0.4, -0.2) is 14.1 Å². The minimum Gasteiger partial charge on any atom is -0.308 e. The summed E-state index contributed by atoms with van der Waals surface area (Å²) in [6.07, 6.45) is 4.04. The number of hydrogen-bond acceptors (Lipinski definition) is 2. The molecule has 0 bridgehead atoms. The van der Waals surface area contributed by atoms with E-state index in [1.807, 2.05) is 0 Å². The van der Waals surface area contributed by atoms with Gasteiger partial charge in [-0.2, -0.15) is 8.78 Å². The normalized spacial score (nSPS) is 11.1. The van der Waals surface area contributed by atoms with Gasteiger partial charge in [-0.15, -0.1) is 0 Å². The van der Waals surface area contributed by atoms with Crippen LogP contribution in [0, 0.1) is 6.92 Å². The molecule has 17 heavy (non-hydrogen) atoms. The van der Waals surface area contributed by atoms with Crippen molar-refractivity contribution in [3.8, 4) is 0 Å². The predicted molar refractivity (Wildman–Crippen MR) is 58.0 cm³/mol. The highest BCUT2D eigenvalue weighted by Crippen LogP contribution is 2.12. The smallest absolute Gasteiger partial charge is 0.308 e. The Balaban J connectivity index is 2.35. The number of aromatic nitrogens is 3. The van der Waals surface area contributed by atoms with Crippen molar-refractivity contribution in [1.82, 2.24) is 14.1 Å². The fraction of sp³-hybridized carbons (Fsp3) is 0.273. The quantitative estimate of drug-likeness (QED) is 0.819. The molecule has 2 aromatic rings. The highest BCUT2D eigenvalue weighted by molar-refractivity contribution is 5.08. The monoisotopic (exact) mass is 239 g/mol. The Bertz CT molecular complexity index is 574. The first-order valence-corrected chi connectivity index (χ1v) is 5.05. The number of nitrogens with zero attached hydrogens (tertiary/aromatic N) is 3. The Morgan fingerprint density at radius 2 is 2.18 bits per heavy atom. The van der Waals surface area contributed by atoms with Gasteiger partial charge in [0.2, 0.25) is 0 Å². The molecular formula is C11H11F2N3O. The molecule has 0 aromatic carbocycles. The van der Waals surface area contributed by atoms with E-state index >= 15 is 0 Å². The van der Waals surface area contributed by atoms with E-state index in [0.717, 1.165) is 4.57 Å². The summed E-state index contributed by atoms with van der Waals surface area (Å²) in [5, 5.41) is 0. The van der Waals surface area contributed by atoms with Gasteiger partial charge in [-0.1, -0.05) is 6.07 Å². The number of aryl methyl sites for hydroxylation is 1. The van der Waals surface area contributed by atoms with Gasteiger partial charge in [-0.3, -0.25) is 9.36 Å². The molecule has 0 aliphatic heterocycles. The van der Waals surface area contributed by atoms with Crippen LogP contribution in [0.2, 0.25) is 0 Å². The van der Waals surface area contributed by atoms with Crippen LogP contribution in [0.15, 0.2) is 35.5 Å². The topological polar surface area (TPSA) is 39.8 Å². The zero-order valence-electron chi connectivity index (χ0n) is 9.18. The lowest BCUT2D eigenvalue weighted by Gasteiger charge is -2.08. The SMILES string of the molecule is Cc1cccn(Cc2nccn2C(F)F)c1=O. The molecule has 0 fully saturated rings. The second kappa shape index (κ2) is 4.48. The minimum atomic E-state index is -2.65. The van der Waals surface area contributed by atoms with Crippen LogP contribution in [0.4, 0.5) is 8.78 Å². The second-order valence-electron chi connectivity index (χ2n) is 3.65. The molecule has 0 saturated carbocycles. The molecule has 2 aromatic heterocycles. The van der Waals surface area contributed by atoms with Gasteiger partial charge in [0.05, 0.1) is 6.54 Å². The summed E-state index contributed by atoms with van der Waals surface area (Å²) < 4.78 is 27.3. The van der Waals surface area contributed by atoms with E-state index in [1.54, 1.807) is 25.3 Å². The third-order valence-electron chi connectivity index (χ3n) is 2.48. The van der Waals surface area contributed by atoms with Crippen molar-refractivity contribution in [3.63, 3.8) is 0 Å². The molecule has 0 saturated heterocycles. The molecule has 4 nitrogen and oxygen atoms in total. The van der Waals surface area contributed by atoms with E-state index in [1.165, 1.54) is 17.0 Å². The summed E-state index contributed by atoms with van der Waals surface area (Å²) in [5.41, 5.74) is 0.374. The second-order valence-corrected chi connectivity index (χ2v) is 3.65. The Morgan fingerprint density at radius 3 is 2.88 bits per heavy atom. The van der Waals surface area contributed by atoms with Gasteiger partial charge in [0.15, 0.2) is 0 Å². The number of alkyl halides is 2. The van der Waals surface area contributed by atoms with Gasteiger partial charge in [0.25, 0.3) is 5.56 Å². The van der Waals surface area contributed by atoms with Crippen LogP contribution in [-0.2, 0) is 6.54 Å². The van der Waals surface area contributed by atoms with E-state index in [-0.39, 0.29) is 17.9 Å². The fourth-order valence-electron chi connectivity index (χ4n) is 1.58. The standard InChI is InChI=1S/C11H11F2N3O/c1-8-3-2-5-15(10(8)17)7-9-14-4-6-16(9)11(12)13/h2-6,11H,7H2,1H3. The van der Waals surface area contributed by atoms with Crippen LogP contribution in [0.1, 0.15) is 17.9 Å². The van der Waals surface area contributed by atoms with Crippen LogP contribution >= 0.6 is 0 Å². The average Bonchev–Trinajstić information content (AvgIpc) is 2.73. The zero-order chi connectivity index (χ0) is 12.4. The Labute approximate surface area is 96.1 Å². The molecule has 6 heteroatoms. The van der Waals surface area contributed by atoms with E-state index < -0.39 is 6.55 Å². The lowest BCUT2D eigenvalue weighted by Crippen LogP contribution is -2.23. The Kier molecular flexibility index (Phi) is 3.03. The van der Waals surface area contributed by atoms with Crippen molar-refractivity contribution in [1.29, 1.82) is 0 Å². The fourth-order valence-corrected chi connectivity index (χ4v) is 1.58. The third kappa shape index (κ3) is 2.25. The molecule has 0 amide bonds. The molecular weight excluding hydrogens is 228 g/mol. The van der Waals surface area contributed by atoms with Crippen molar-refractivity contribution in [2.24, 2.45) is 0 Å². The van der Waals surface area contributed by atoms with Gasteiger partial charge < -0.3 is 4.57 Å². The molecule has 0 atom stereocenters. The van der Waals surface area contributed by atoms with E-state index in [9.17, 15) is 13.6 Å². The maximum Gasteiger partial charge on any atom is 0.319 e. The van der Waals surface area contributed by atoms with Crippen molar-refractivity contribution in [2.45, 2.75) is 20.0 Å². The Hall–Kier alpha value is -1.98. The van der Waals surface area contributed by atoms with Gasteiger partial charge in [-0.25, -0.2) is 4.98 Å². The summed E-state index contributed by atoms with van der Waals surface area (Å²) in [4.78, 5) is 15.5. The van der Waals surface area contributed by atoms with Crippen molar-refractivity contribution in [2.75, 3.05) is 0 Å². The summed E-state index contributed by atoms with van der Waals surface area (Å²) in [6, 6.07) is 3.38. The van der Waals surface area contributed by atoms with Crippen molar-refractivity contribution < 1.29 is 8.78 Å². The first-order chi connectivity index (χ1) is 8.09. The largest absolute Gasteiger partial charge is 0.319 e. The van der Waals surface area contributed by atoms with Crippen molar-refractivity contribution >= 4 is 0 Å². The van der Waals surface area contributed by atoms with Crippen LogP contribution in [0.3, 0.4) is 0 Å². The average molecular weight is 239 g/mol. The summed E-state index contributed by atoms with van der Waals surface area (Å²) in [7, 11) is 0. The number of imidazole rings is 1. The maximum absolute atomic E-state index is 12.6. The van der Waals surface area contributed by atoms with Gasteiger partial charge in [-0.05, 0) is 13.0 Å². The lowest BCUT2D eigenvalue weighted by atomic mass is 10.3. The zero-order valence-corrected chi connectivity index (χ0v) is 9.18.